The van der Waals surface area contributed by atoms with Crippen molar-refractivity contribution in [3.8, 4) is 11.5 Å². The van der Waals surface area contributed by atoms with Crippen LogP contribution in [0.2, 0.25) is 0 Å². The molecule has 0 radical (unpaired) electrons. The molecule has 1 fully saturated rings. The number of amides is 1. The van der Waals surface area contributed by atoms with Gasteiger partial charge in [0.15, 0.2) is 5.78 Å². The predicted molar refractivity (Wildman–Crippen MR) is 64.5 cm³/mol. The second-order valence-corrected chi connectivity index (χ2v) is 4.93. The van der Waals surface area contributed by atoms with Crippen molar-refractivity contribution in [1.82, 2.24) is 4.90 Å². The number of hydrogen-bond donors (Lipinski definition) is 2. The molecule has 0 unspecified atom stereocenters. The van der Waals surface area contributed by atoms with Crippen molar-refractivity contribution in [3.63, 3.8) is 0 Å². The lowest BCUT2D eigenvalue weighted by Crippen LogP contribution is -2.46. The largest absolute Gasteiger partial charge is 0.508 e. The van der Waals surface area contributed by atoms with Crippen molar-refractivity contribution in [2.45, 2.75) is 25.8 Å². The first-order valence-corrected chi connectivity index (χ1v) is 5.70. The van der Waals surface area contributed by atoms with E-state index in [9.17, 15) is 19.8 Å². The number of rotatable bonds is 1. The monoisotopic (exact) mass is 249 g/mol. The molecular formula is C13H15NO4. The standard InChI is InChI=1S/C13H15NO4/c1-13(2)11(17)3-4-14(13)12(18)8-5-9(15)7-10(16)6-8/h5-7,15-16H,3-4H2,1-2H3. The van der Waals surface area contributed by atoms with Gasteiger partial charge >= 0.3 is 0 Å². The van der Waals surface area contributed by atoms with Crippen molar-refractivity contribution in [2.24, 2.45) is 0 Å². The highest BCUT2D eigenvalue weighted by molar-refractivity contribution is 6.02. The minimum atomic E-state index is -0.835. The second kappa shape index (κ2) is 4.01. The molecule has 1 aliphatic heterocycles. The maximum Gasteiger partial charge on any atom is 0.254 e. The predicted octanol–water partition coefficient (Wildman–Crippen LogP) is 1.29. The number of phenolic OH excluding ortho intramolecular Hbond substituents is 2. The molecule has 1 heterocycles. The maximum absolute atomic E-state index is 12.3. The Bertz CT molecular complexity index is 501. The van der Waals surface area contributed by atoms with Gasteiger partial charge in [-0.3, -0.25) is 9.59 Å². The average molecular weight is 249 g/mol. The number of nitrogens with zero attached hydrogens (tertiary/aromatic N) is 1. The van der Waals surface area contributed by atoms with Crippen molar-refractivity contribution in [1.29, 1.82) is 0 Å². The first-order valence-electron chi connectivity index (χ1n) is 5.70. The van der Waals surface area contributed by atoms with Gasteiger partial charge in [0.05, 0.1) is 5.54 Å². The van der Waals surface area contributed by atoms with E-state index in [1.807, 2.05) is 0 Å². The topological polar surface area (TPSA) is 77.8 Å². The van der Waals surface area contributed by atoms with Gasteiger partial charge in [0.2, 0.25) is 0 Å². The molecule has 0 aromatic heterocycles. The third kappa shape index (κ3) is 1.92. The van der Waals surface area contributed by atoms with E-state index in [1.54, 1.807) is 13.8 Å². The molecule has 18 heavy (non-hydrogen) atoms. The van der Waals surface area contributed by atoms with Crippen LogP contribution in [0.15, 0.2) is 18.2 Å². The molecule has 2 N–H and O–H groups in total. The number of Topliss-reactive ketones (excluding diaryl/α,β-unsaturated/α-hetero) is 1. The van der Waals surface area contributed by atoms with Gasteiger partial charge in [-0.2, -0.15) is 0 Å². The zero-order valence-corrected chi connectivity index (χ0v) is 10.3. The number of likely N-dealkylation sites (tertiary alicyclic amines) is 1. The van der Waals surface area contributed by atoms with E-state index >= 15 is 0 Å². The van der Waals surface area contributed by atoms with Crippen LogP contribution < -0.4 is 0 Å². The number of benzene rings is 1. The van der Waals surface area contributed by atoms with E-state index in [1.165, 1.54) is 17.0 Å². The van der Waals surface area contributed by atoms with Gasteiger partial charge in [-0.15, -0.1) is 0 Å². The molecule has 1 amide bonds. The van der Waals surface area contributed by atoms with Gasteiger partial charge in [0, 0.05) is 24.6 Å². The van der Waals surface area contributed by atoms with E-state index in [-0.39, 0.29) is 28.8 Å². The van der Waals surface area contributed by atoms with Crippen molar-refractivity contribution >= 4 is 11.7 Å². The summed E-state index contributed by atoms with van der Waals surface area (Å²) < 4.78 is 0. The molecule has 5 nitrogen and oxygen atoms in total. The molecule has 2 rings (SSSR count). The fourth-order valence-electron chi connectivity index (χ4n) is 2.18. The van der Waals surface area contributed by atoms with Crippen LogP contribution in [0.5, 0.6) is 11.5 Å². The van der Waals surface area contributed by atoms with Crippen LogP contribution in [0.25, 0.3) is 0 Å². The quantitative estimate of drug-likeness (QED) is 0.786. The smallest absolute Gasteiger partial charge is 0.254 e. The minimum Gasteiger partial charge on any atom is -0.508 e. The number of phenols is 2. The molecule has 0 atom stereocenters. The highest BCUT2D eigenvalue weighted by atomic mass is 16.3. The van der Waals surface area contributed by atoms with E-state index < -0.39 is 5.54 Å². The summed E-state index contributed by atoms with van der Waals surface area (Å²) in [5.74, 6) is -0.708. The SMILES string of the molecule is CC1(C)C(=O)CCN1C(=O)c1cc(O)cc(O)c1. The van der Waals surface area contributed by atoms with Crippen LogP contribution in [0, 0.1) is 0 Å². The molecule has 1 aromatic rings. The first kappa shape index (κ1) is 12.4. The van der Waals surface area contributed by atoms with Crippen LogP contribution >= 0.6 is 0 Å². The van der Waals surface area contributed by atoms with Gasteiger partial charge in [0.25, 0.3) is 5.91 Å². The number of carbonyl (C=O) groups is 2. The summed E-state index contributed by atoms with van der Waals surface area (Å²) in [6.45, 7) is 3.76. The Labute approximate surface area is 105 Å². The van der Waals surface area contributed by atoms with Crippen LogP contribution in [0.3, 0.4) is 0 Å². The van der Waals surface area contributed by atoms with Crippen molar-refractivity contribution in [2.75, 3.05) is 6.54 Å². The zero-order chi connectivity index (χ0) is 13.5. The zero-order valence-electron chi connectivity index (χ0n) is 10.3. The molecule has 0 saturated carbocycles. The van der Waals surface area contributed by atoms with E-state index in [2.05, 4.69) is 0 Å². The Kier molecular flexibility index (Phi) is 2.77. The molecule has 0 spiro atoms. The first-order chi connectivity index (χ1) is 8.32. The average Bonchev–Trinajstić information content (AvgIpc) is 2.52. The van der Waals surface area contributed by atoms with Crippen LogP contribution in [0.4, 0.5) is 0 Å². The highest BCUT2D eigenvalue weighted by Crippen LogP contribution is 2.29. The number of aromatic hydroxyl groups is 2. The van der Waals surface area contributed by atoms with Crippen molar-refractivity contribution < 1.29 is 19.8 Å². The molecule has 1 saturated heterocycles. The number of hydrogen-bond acceptors (Lipinski definition) is 4. The fourth-order valence-corrected chi connectivity index (χ4v) is 2.18. The maximum atomic E-state index is 12.3. The summed E-state index contributed by atoms with van der Waals surface area (Å²) in [6.07, 6.45) is 0.337. The van der Waals surface area contributed by atoms with E-state index in [0.29, 0.717) is 13.0 Å². The fraction of sp³-hybridized carbons (Fsp3) is 0.385. The van der Waals surface area contributed by atoms with Gasteiger partial charge in [0.1, 0.15) is 11.5 Å². The molecule has 0 aliphatic carbocycles. The summed E-state index contributed by atoms with van der Waals surface area (Å²) in [4.78, 5) is 25.4. The molecule has 1 aliphatic rings. The normalized spacial score (nSPS) is 18.1. The molecule has 96 valence electrons. The lowest BCUT2D eigenvalue weighted by Gasteiger charge is -2.30. The van der Waals surface area contributed by atoms with E-state index in [4.69, 9.17) is 0 Å². The highest BCUT2D eigenvalue weighted by Gasteiger charge is 2.42. The van der Waals surface area contributed by atoms with Crippen LogP contribution in [-0.2, 0) is 4.79 Å². The lowest BCUT2D eigenvalue weighted by atomic mass is 10.00. The Morgan fingerprint density at radius 2 is 1.78 bits per heavy atom. The summed E-state index contributed by atoms with van der Waals surface area (Å²) in [6, 6.07) is 3.71. The summed E-state index contributed by atoms with van der Waals surface area (Å²) in [7, 11) is 0. The van der Waals surface area contributed by atoms with Gasteiger partial charge < -0.3 is 15.1 Å². The summed E-state index contributed by atoms with van der Waals surface area (Å²) in [5.41, 5.74) is -0.659. The Morgan fingerprint density at radius 1 is 1.22 bits per heavy atom. The summed E-state index contributed by atoms with van der Waals surface area (Å²) in [5, 5.41) is 18.7. The lowest BCUT2D eigenvalue weighted by molar-refractivity contribution is -0.123. The molecule has 1 aromatic carbocycles. The van der Waals surface area contributed by atoms with Crippen molar-refractivity contribution in [3.05, 3.63) is 23.8 Å². The Morgan fingerprint density at radius 3 is 2.22 bits per heavy atom. The third-order valence-electron chi connectivity index (χ3n) is 3.31. The third-order valence-corrected chi connectivity index (χ3v) is 3.31. The van der Waals surface area contributed by atoms with Gasteiger partial charge in [-0.25, -0.2) is 0 Å². The Balaban J connectivity index is 2.35. The van der Waals surface area contributed by atoms with E-state index in [0.717, 1.165) is 6.07 Å². The second-order valence-electron chi connectivity index (χ2n) is 4.93. The molecule has 0 bridgehead atoms. The van der Waals surface area contributed by atoms with Crippen LogP contribution in [0.1, 0.15) is 30.6 Å². The number of ketones is 1. The van der Waals surface area contributed by atoms with Gasteiger partial charge in [-0.1, -0.05) is 0 Å². The van der Waals surface area contributed by atoms with Crippen LogP contribution in [-0.4, -0.2) is 38.9 Å². The Hall–Kier alpha value is -2.04. The molecule has 5 heteroatoms. The summed E-state index contributed by atoms with van der Waals surface area (Å²) >= 11 is 0. The minimum absolute atomic E-state index is 0.0141. The molecular weight excluding hydrogens is 234 g/mol. The van der Waals surface area contributed by atoms with Gasteiger partial charge in [-0.05, 0) is 26.0 Å². The number of carbonyl (C=O) groups excluding carboxylic acids is 2.